The number of phenols is 1. The van der Waals surface area contributed by atoms with E-state index in [0.29, 0.717) is 12.0 Å². The SMILES string of the molecule is CC(C)(C)N1C(=O)[C@H]2[C@H](CC=C3[C@H]2C[C@H]2C(=O)N(c4ccc(F)c(Cl)c4)C(=O)[C@@]2(C)[C@H]3c2c(O)ccc3ccccc23)C1=O. The maximum atomic E-state index is 14.6. The Bertz CT molecular complexity index is 1850. The predicted molar refractivity (Wildman–Crippen MR) is 163 cm³/mol. The van der Waals surface area contributed by atoms with Crippen molar-refractivity contribution < 1.29 is 28.7 Å². The molecule has 7 rings (SSSR count). The van der Waals surface area contributed by atoms with Crippen LogP contribution in [0.3, 0.4) is 0 Å². The number of hydrogen-bond acceptors (Lipinski definition) is 5. The van der Waals surface area contributed by atoms with E-state index >= 15 is 0 Å². The molecule has 0 unspecified atom stereocenters. The lowest BCUT2D eigenvalue weighted by molar-refractivity contribution is -0.145. The molecule has 0 bridgehead atoms. The van der Waals surface area contributed by atoms with E-state index in [1.165, 1.54) is 17.0 Å². The highest BCUT2D eigenvalue weighted by atomic mass is 35.5. The number of benzene rings is 3. The predicted octanol–water partition coefficient (Wildman–Crippen LogP) is 6.37. The van der Waals surface area contributed by atoms with E-state index in [9.17, 15) is 28.7 Å². The van der Waals surface area contributed by atoms with Gasteiger partial charge in [0.25, 0.3) is 0 Å². The summed E-state index contributed by atoms with van der Waals surface area (Å²) in [6, 6.07) is 14.7. The summed E-state index contributed by atoms with van der Waals surface area (Å²) >= 11 is 6.09. The lowest BCUT2D eigenvalue weighted by atomic mass is 9.51. The van der Waals surface area contributed by atoms with Gasteiger partial charge >= 0.3 is 0 Å². The minimum Gasteiger partial charge on any atom is -0.508 e. The number of carbonyl (C=O) groups excluding carboxylic acids is 4. The molecule has 1 saturated carbocycles. The van der Waals surface area contributed by atoms with Gasteiger partial charge in [-0.2, -0.15) is 0 Å². The summed E-state index contributed by atoms with van der Waals surface area (Å²) in [5.41, 5.74) is -0.628. The molecule has 3 aromatic carbocycles. The third-order valence-electron chi connectivity index (χ3n) is 10.3. The topological polar surface area (TPSA) is 95.0 Å². The van der Waals surface area contributed by atoms with Crippen LogP contribution in [0.2, 0.25) is 5.02 Å². The Hall–Kier alpha value is -4.04. The average molecular weight is 615 g/mol. The number of aromatic hydroxyl groups is 1. The zero-order valence-electron chi connectivity index (χ0n) is 24.8. The first-order valence-corrected chi connectivity index (χ1v) is 15.3. The van der Waals surface area contributed by atoms with Gasteiger partial charge in [0.15, 0.2) is 0 Å². The van der Waals surface area contributed by atoms with Gasteiger partial charge in [0.1, 0.15) is 11.6 Å². The molecule has 2 aliphatic heterocycles. The van der Waals surface area contributed by atoms with Crippen LogP contribution in [-0.4, -0.2) is 39.2 Å². The molecule has 1 N–H and O–H groups in total. The number of likely N-dealkylation sites (tertiary alicyclic amines) is 1. The van der Waals surface area contributed by atoms with Gasteiger partial charge in [0.2, 0.25) is 23.6 Å². The normalized spacial score (nSPS) is 30.0. The summed E-state index contributed by atoms with van der Waals surface area (Å²) in [5, 5.41) is 12.9. The van der Waals surface area contributed by atoms with Crippen molar-refractivity contribution in [2.75, 3.05) is 4.90 Å². The summed E-state index contributed by atoms with van der Waals surface area (Å²) < 4.78 is 14.1. The quantitative estimate of drug-likeness (QED) is 0.267. The largest absolute Gasteiger partial charge is 0.508 e. The molecule has 2 saturated heterocycles. The molecule has 4 amide bonds. The van der Waals surface area contributed by atoms with Crippen molar-refractivity contribution in [1.29, 1.82) is 0 Å². The number of allylic oxidation sites excluding steroid dienone is 2. The molecule has 226 valence electrons. The van der Waals surface area contributed by atoms with Crippen molar-refractivity contribution in [2.45, 2.75) is 52.0 Å². The van der Waals surface area contributed by atoms with Gasteiger partial charge in [-0.3, -0.25) is 24.1 Å². The molecule has 44 heavy (non-hydrogen) atoms. The van der Waals surface area contributed by atoms with E-state index in [1.54, 1.807) is 19.1 Å². The van der Waals surface area contributed by atoms with Gasteiger partial charge in [-0.15, -0.1) is 0 Å². The number of phenolic OH excluding ortho intramolecular Hbond substituents is 1. The van der Waals surface area contributed by atoms with Crippen molar-refractivity contribution >= 4 is 51.7 Å². The smallest absolute Gasteiger partial charge is 0.241 e. The molecule has 0 aromatic heterocycles. The number of imide groups is 2. The van der Waals surface area contributed by atoms with Crippen LogP contribution in [0.5, 0.6) is 5.75 Å². The molecule has 9 heteroatoms. The van der Waals surface area contributed by atoms with Crippen molar-refractivity contribution in [3.05, 3.63) is 82.6 Å². The first kappa shape index (κ1) is 28.7. The van der Waals surface area contributed by atoms with Crippen LogP contribution >= 0.6 is 11.6 Å². The first-order chi connectivity index (χ1) is 20.8. The molecular weight excluding hydrogens is 583 g/mol. The van der Waals surface area contributed by atoms with Gasteiger partial charge in [-0.25, -0.2) is 9.29 Å². The highest BCUT2D eigenvalue weighted by Gasteiger charge is 2.68. The molecule has 3 aromatic rings. The standard InChI is InChI=1S/C35H32ClFN2O5/c1-34(2,3)39-30(41)21-12-11-20-22(27(21)32(39)43)16-23-31(42)38(18-10-13-25(37)24(36)15-18)33(44)35(23,4)29(20)28-19-8-6-5-7-17(19)9-14-26(28)40/h5-11,13-15,21-23,27,29,40H,12,16H2,1-4H3/t21-,22+,23-,27-,29+,35+/m0/s1. The number of rotatable bonds is 2. The van der Waals surface area contributed by atoms with Crippen LogP contribution in [-0.2, 0) is 19.2 Å². The monoisotopic (exact) mass is 614 g/mol. The zero-order valence-corrected chi connectivity index (χ0v) is 25.6. The van der Waals surface area contributed by atoms with E-state index in [1.807, 2.05) is 51.1 Å². The average Bonchev–Trinajstić information content (AvgIpc) is 3.35. The highest BCUT2D eigenvalue weighted by molar-refractivity contribution is 6.31. The summed E-state index contributed by atoms with van der Waals surface area (Å²) in [6.07, 6.45) is 2.46. The van der Waals surface area contributed by atoms with E-state index in [2.05, 4.69) is 0 Å². The van der Waals surface area contributed by atoms with Crippen molar-refractivity contribution in [1.82, 2.24) is 4.90 Å². The van der Waals surface area contributed by atoms with Gasteiger partial charge < -0.3 is 5.11 Å². The third kappa shape index (κ3) is 3.73. The van der Waals surface area contributed by atoms with E-state index in [-0.39, 0.29) is 34.7 Å². The molecule has 3 fully saturated rings. The summed E-state index contributed by atoms with van der Waals surface area (Å²) in [6.45, 7) is 7.23. The lowest BCUT2D eigenvalue weighted by Crippen LogP contribution is -2.49. The number of amides is 4. The second-order valence-electron chi connectivity index (χ2n) is 13.7. The Kier molecular flexibility index (Phi) is 6.19. The second-order valence-corrected chi connectivity index (χ2v) is 14.1. The van der Waals surface area contributed by atoms with Crippen LogP contribution < -0.4 is 4.90 Å². The number of hydrogen-bond donors (Lipinski definition) is 1. The van der Waals surface area contributed by atoms with Crippen LogP contribution in [0.25, 0.3) is 10.8 Å². The fraction of sp³-hybridized carbons (Fsp3) is 0.371. The Balaban J connectivity index is 1.46. The Morgan fingerprint density at radius 3 is 2.39 bits per heavy atom. The van der Waals surface area contributed by atoms with E-state index in [4.69, 9.17) is 11.6 Å². The van der Waals surface area contributed by atoms with Crippen LogP contribution in [0.15, 0.2) is 66.2 Å². The number of carbonyl (C=O) groups is 4. The van der Waals surface area contributed by atoms with Gasteiger partial charge in [-0.1, -0.05) is 53.6 Å². The van der Waals surface area contributed by atoms with Crippen molar-refractivity contribution in [3.8, 4) is 5.75 Å². The van der Waals surface area contributed by atoms with Crippen LogP contribution in [0, 0.1) is 34.9 Å². The van der Waals surface area contributed by atoms with Gasteiger partial charge in [0, 0.05) is 17.0 Å². The third-order valence-corrected chi connectivity index (χ3v) is 10.6. The van der Waals surface area contributed by atoms with Gasteiger partial charge in [0.05, 0.1) is 33.9 Å². The van der Waals surface area contributed by atoms with E-state index < -0.39 is 58.2 Å². The lowest BCUT2D eigenvalue weighted by Gasteiger charge is -2.49. The van der Waals surface area contributed by atoms with Crippen LogP contribution in [0.1, 0.15) is 52.0 Å². The van der Waals surface area contributed by atoms with Crippen LogP contribution in [0.4, 0.5) is 10.1 Å². The summed E-state index contributed by atoms with van der Waals surface area (Å²) in [7, 11) is 0. The molecule has 7 nitrogen and oxygen atoms in total. The highest BCUT2D eigenvalue weighted by Crippen LogP contribution is 2.65. The van der Waals surface area contributed by atoms with Crippen molar-refractivity contribution in [2.24, 2.45) is 29.1 Å². The van der Waals surface area contributed by atoms with Crippen molar-refractivity contribution in [3.63, 3.8) is 0 Å². The molecule has 2 aliphatic carbocycles. The summed E-state index contributed by atoms with van der Waals surface area (Å²) in [4.78, 5) is 59.1. The fourth-order valence-corrected chi connectivity index (χ4v) is 8.62. The molecule has 0 spiro atoms. The minimum atomic E-state index is -1.36. The number of anilines is 1. The Labute approximate surface area is 259 Å². The maximum absolute atomic E-state index is 14.6. The zero-order chi connectivity index (χ0) is 31.5. The van der Waals surface area contributed by atoms with E-state index in [0.717, 1.165) is 27.3 Å². The molecule has 2 heterocycles. The maximum Gasteiger partial charge on any atom is 0.241 e. The Morgan fingerprint density at radius 2 is 1.68 bits per heavy atom. The Morgan fingerprint density at radius 1 is 0.955 bits per heavy atom. The molecule has 6 atom stereocenters. The number of fused-ring (bicyclic) bond motifs is 5. The van der Waals surface area contributed by atoms with Gasteiger partial charge in [-0.05, 0) is 81.5 Å². The fourth-order valence-electron chi connectivity index (χ4n) is 8.44. The number of halogens is 2. The first-order valence-electron chi connectivity index (χ1n) is 14.9. The number of nitrogens with zero attached hydrogens (tertiary/aromatic N) is 2. The second kappa shape index (κ2) is 9.48. The molecule has 0 radical (unpaired) electrons. The molecule has 4 aliphatic rings. The summed E-state index contributed by atoms with van der Waals surface area (Å²) in [5.74, 6) is -5.58. The minimum absolute atomic E-state index is 0.0222. The molecular formula is C35H32ClFN2O5.